The summed E-state index contributed by atoms with van der Waals surface area (Å²) in [5, 5.41) is 7.53. The molecule has 0 atom stereocenters. The number of aromatic nitrogens is 3. The van der Waals surface area contributed by atoms with Gasteiger partial charge in [0.25, 0.3) is 0 Å². The zero-order valence-corrected chi connectivity index (χ0v) is 8.55. The first-order chi connectivity index (χ1) is 7.42. The predicted molar refractivity (Wildman–Crippen MR) is 56.0 cm³/mol. The van der Waals surface area contributed by atoms with Crippen LogP contribution in [0.3, 0.4) is 0 Å². The highest BCUT2D eigenvalue weighted by Crippen LogP contribution is 2.15. The van der Waals surface area contributed by atoms with E-state index in [1.54, 1.807) is 0 Å². The van der Waals surface area contributed by atoms with Crippen LogP contribution >= 0.6 is 0 Å². The normalized spacial score (nSPS) is 10.2. The van der Waals surface area contributed by atoms with E-state index in [9.17, 15) is 0 Å². The van der Waals surface area contributed by atoms with Gasteiger partial charge in [0.1, 0.15) is 18.5 Å². The summed E-state index contributed by atoms with van der Waals surface area (Å²) in [6, 6.07) is 9.83. The van der Waals surface area contributed by atoms with Gasteiger partial charge in [0.15, 0.2) is 0 Å². The van der Waals surface area contributed by atoms with Gasteiger partial charge in [-0.2, -0.15) is 0 Å². The van der Waals surface area contributed by atoms with Gasteiger partial charge in [0.05, 0.1) is 0 Å². The molecule has 4 nitrogen and oxygen atoms in total. The first kappa shape index (κ1) is 9.71. The molecule has 15 heavy (non-hydrogen) atoms. The van der Waals surface area contributed by atoms with Crippen molar-refractivity contribution in [1.82, 2.24) is 15.2 Å². The molecule has 0 N–H and O–H groups in total. The van der Waals surface area contributed by atoms with Gasteiger partial charge >= 0.3 is 0 Å². The number of hydrogen-bond donors (Lipinski definition) is 0. The molecule has 0 saturated carbocycles. The molecule has 0 saturated heterocycles. The Morgan fingerprint density at radius 2 is 2.13 bits per heavy atom. The monoisotopic (exact) mass is 202 g/mol. The van der Waals surface area contributed by atoms with Crippen molar-refractivity contribution in [1.29, 1.82) is 0 Å². The van der Waals surface area contributed by atoms with Crippen LogP contribution in [0.1, 0.15) is 13.3 Å². The summed E-state index contributed by atoms with van der Waals surface area (Å²) in [7, 11) is 0. The first-order valence-corrected chi connectivity index (χ1v) is 4.94. The molecule has 4 heteroatoms. The van der Waals surface area contributed by atoms with Crippen LogP contribution < -0.4 is 4.84 Å². The molecule has 0 amide bonds. The fraction of sp³-hybridized carbons (Fsp3) is 0.273. The van der Waals surface area contributed by atoms with Crippen molar-refractivity contribution in [2.24, 2.45) is 0 Å². The van der Waals surface area contributed by atoms with E-state index >= 15 is 0 Å². The second-order valence-corrected chi connectivity index (χ2v) is 3.12. The van der Waals surface area contributed by atoms with Crippen LogP contribution in [0.2, 0.25) is 0 Å². The summed E-state index contributed by atoms with van der Waals surface area (Å²) in [5.41, 5.74) is 1.75. The Bertz CT molecular complexity index is 411. The Labute approximate surface area is 88.4 Å². The topological polar surface area (TPSA) is 39.9 Å². The van der Waals surface area contributed by atoms with Crippen LogP contribution in [0.5, 0.6) is 0 Å². The smallest absolute Gasteiger partial charge is 0.147 e. The van der Waals surface area contributed by atoms with E-state index < -0.39 is 0 Å². The Balaban J connectivity index is 2.25. The quantitative estimate of drug-likeness (QED) is 0.755. The Hall–Kier alpha value is -1.84. The zero-order chi connectivity index (χ0) is 10.5. The van der Waals surface area contributed by atoms with Gasteiger partial charge in [-0.1, -0.05) is 42.1 Å². The third kappa shape index (κ3) is 2.15. The van der Waals surface area contributed by atoms with Crippen molar-refractivity contribution in [3.05, 3.63) is 36.5 Å². The molecule has 77 valence electrons. The van der Waals surface area contributed by atoms with Crippen molar-refractivity contribution in [3.63, 3.8) is 0 Å². The lowest BCUT2D eigenvalue weighted by Crippen LogP contribution is -2.15. The number of nitrogens with zero attached hydrogens (tertiary/aromatic N) is 3. The van der Waals surface area contributed by atoms with Crippen LogP contribution in [0.25, 0.3) is 11.3 Å². The highest BCUT2D eigenvalue weighted by Gasteiger charge is 2.06. The van der Waals surface area contributed by atoms with E-state index in [4.69, 9.17) is 4.84 Å². The maximum atomic E-state index is 5.39. The molecular weight excluding hydrogens is 190 g/mol. The number of benzene rings is 1. The van der Waals surface area contributed by atoms with Crippen molar-refractivity contribution in [3.8, 4) is 11.3 Å². The SMILES string of the molecule is CCCOn1nn[c]c1-c1ccccc1. The standard InChI is InChI=1S/C11H12N3O/c1-2-8-15-14-11(9-12-13-14)10-6-4-3-5-7-10/h3-7H,2,8H2,1H3. The fourth-order valence-corrected chi connectivity index (χ4v) is 1.24. The van der Waals surface area contributed by atoms with E-state index in [1.807, 2.05) is 37.3 Å². The van der Waals surface area contributed by atoms with Gasteiger partial charge < -0.3 is 4.84 Å². The minimum atomic E-state index is 0.622. The lowest BCUT2D eigenvalue weighted by molar-refractivity contribution is 0.0823. The summed E-state index contributed by atoms with van der Waals surface area (Å²) in [6.45, 7) is 2.67. The molecular formula is C11H12N3O. The van der Waals surface area contributed by atoms with E-state index in [0.29, 0.717) is 6.61 Å². The molecule has 0 bridgehead atoms. The van der Waals surface area contributed by atoms with Crippen LogP contribution in [0.15, 0.2) is 30.3 Å². The predicted octanol–water partition coefficient (Wildman–Crippen LogP) is 1.58. The van der Waals surface area contributed by atoms with Crippen LogP contribution in [-0.2, 0) is 0 Å². The van der Waals surface area contributed by atoms with Gasteiger partial charge in [-0.05, 0) is 11.6 Å². The summed E-state index contributed by atoms with van der Waals surface area (Å²) < 4.78 is 0. The van der Waals surface area contributed by atoms with E-state index in [0.717, 1.165) is 17.7 Å². The average Bonchev–Trinajstić information content (AvgIpc) is 2.75. The third-order valence-electron chi connectivity index (χ3n) is 1.94. The molecule has 1 radical (unpaired) electrons. The molecule has 0 fully saturated rings. The first-order valence-electron chi connectivity index (χ1n) is 4.94. The van der Waals surface area contributed by atoms with Crippen molar-refractivity contribution in [2.45, 2.75) is 13.3 Å². The molecule has 0 aliphatic carbocycles. The molecule has 2 rings (SSSR count). The van der Waals surface area contributed by atoms with Crippen molar-refractivity contribution in [2.75, 3.05) is 6.61 Å². The molecule has 0 spiro atoms. The maximum Gasteiger partial charge on any atom is 0.147 e. The maximum absolute atomic E-state index is 5.39. The van der Waals surface area contributed by atoms with E-state index in [-0.39, 0.29) is 0 Å². The lowest BCUT2D eigenvalue weighted by Gasteiger charge is -2.05. The molecule has 2 aromatic rings. The number of hydrogen-bond acceptors (Lipinski definition) is 3. The summed E-state index contributed by atoms with van der Waals surface area (Å²) in [5.74, 6) is 0. The van der Waals surface area contributed by atoms with Crippen molar-refractivity contribution < 1.29 is 4.84 Å². The average molecular weight is 202 g/mol. The second-order valence-electron chi connectivity index (χ2n) is 3.12. The van der Waals surface area contributed by atoms with Gasteiger partial charge in [-0.25, -0.2) is 0 Å². The van der Waals surface area contributed by atoms with Crippen LogP contribution in [0, 0.1) is 6.20 Å². The Morgan fingerprint density at radius 3 is 2.87 bits per heavy atom. The molecule has 1 heterocycles. The minimum Gasteiger partial charge on any atom is -0.395 e. The molecule has 1 aromatic heterocycles. The van der Waals surface area contributed by atoms with Gasteiger partial charge in [-0.3, -0.25) is 0 Å². The van der Waals surface area contributed by atoms with Gasteiger partial charge in [0, 0.05) is 5.56 Å². The number of rotatable bonds is 4. The van der Waals surface area contributed by atoms with E-state index in [2.05, 4.69) is 16.5 Å². The van der Waals surface area contributed by atoms with Crippen LogP contribution in [-0.4, -0.2) is 21.8 Å². The lowest BCUT2D eigenvalue weighted by atomic mass is 10.2. The van der Waals surface area contributed by atoms with Gasteiger partial charge in [-0.15, -0.1) is 5.10 Å². The zero-order valence-electron chi connectivity index (χ0n) is 8.55. The highest BCUT2D eigenvalue weighted by atomic mass is 16.7. The van der Waals surface area contributed by atoms with Gasteiger partial charge in [0.2, 0.25) is 0 Å². The minimum absolute atomic E-state index is 0.622. The van der Waals surface area contributed by atoms with Crippen molar-refractivity contribution >= 4 is 0 Å². The molecule has 1 aromatic carbocycles. The largest absolute Gasteiger partial charge is 0.395 e. The summed E-state index contributed by atoms with van der Waals surface area (Å²) in [6.07, 6.45) is 3.75. The third-order valence-corrected chi connectivity index (χ3v) is 1.94. The van der Waals surface area contributed by atoms with E-state index in [1.165, 1.54) is 4.85 Å². The Morgan fingerprint density at radius 1 is 1.33 bits per heavy atom. The summed E-state index contributed by atoms with van der Waals surface area (Å²) in [4.78, 5) is 6.81. The Kier molecular flexibility index (Phi) is 2.97. The summed E-state index contributed by atoms with van der Waals surface area (Å²) >= 11 is 0. The molecule has 0 aliphatic rings. The second kappa shape index (κ2) is 4.59. The fourth-order valence-electron chi connectivity index (χ4n) is 1.24. The molecule has 0 unspecified atom stereocenters. The highest BCUT2D eigenvalue weighted by molar-refractivity contribution is 5.56. The van der Waals surface area contributed by atoms with Crippen LogP contribution in [0.4, 0.5) is 0 Å². The molecule has 0 aliphatic heterocycles.